The van der Waals surface area contributed by atoms with Crippen molar-refractivity contribution in [3.8, 4) is 11.5 Å². The fourth-order valence-electron chi connectivity index (χ4n) is 3.45. The fourth-order valence-corrected chi connectivity index (χ4v) is 3.45. The second-order valence-corrected chi connectivity index (χ2v) is 7.33. The first-order chi connectivity index (χ1) is 14.7. The van der Waals surface area contributed by atoms with Gasteiger partial charge in [-0.05, 0) is 51.0 Å². The molecule has 2 aromatic rings. The van der Waals surface area contributed by atoms with Gasteiger partial charge in [0.05, 0.1) is 6.61 Å². The largest absolute Gasteiger partial charge is 0.494 e. The van der Waals surface area contributed by atoms with Gasteiger partial charge < -0.3 is 25.4 Å². The molecule has 0 spiro atoms. The van der Waals surface area contributed by atoms with E-state index in [1.807, 2.05) is 25.1 Å². The number of aliphatic imine (C=N–C) groups is 1. The number of ether oxygens (including phenoxy) is 2. The van der Waals surface area contributed by atoms with E-state index in [0.717, 1.165) is 61.2 Å². The molecule has 2 heterocycles. The van der Waals surface area contributed by atoms with Gasteiger partial charge in [0.2, 0.25) is 0 Å². The third-order valence-corrected chi connectivity index (χ3v) is 4.92. The van der Waals surface area contributed by atoms with E-state index < -0.39 is 0 Å². The van der Waals surface area contributed by atoms with E-state index in [1.165, 1.54) is 5.56 Å². The number of nitrogens with zero attached hydrogens (tertiary/aromatic N) is 2. The zero-order valence-corrected chi connectivity index (χ0v) is 18.2. The van der Waals surface area contributed by atoms with Crippen molar-refractivity contribution < 1.29 is 9.47 Å². The molecule has 162 valence electrons. The summed E-state index contributed by atoms with van der Waals surface area (Å²) in [6.07, 6.45) is 5.04. The lowest BCUT2D eigenvalue weighted by Gasteiger charge is -2.16. The second-order valence-electron chi connectivity index (χ2n) is 7.33. The van der Waals surface area contributed by atoms with Crippen molar-refractivity contribution in [2.24, 2.45) is 4.99 Å². The summed E-state index contributed by atoms with van der Waals surface area (Å²) in [4.78, 5) is 8.59. The first kappa shape index (κ1) is 21.7. The van der Waals surface area contributed by atoms with Crippen LogP contribution in [0.1, 0.15) is 37.8 Å². The van der Waals surface area contributed by atoms with Gasteiger partial charge in [-0.3, -0.25) is 4.99 Å². The Balaban J connectivity index is 1.42. The van der Waals surface area contributed by atoms with Gasteiger partial charge in [-0.25, -0.2) is 4.98 Å². The molecule has 30 heavy (non-hydrogen) atoms. The SMILES string of the molecule is CCOc1cc2c(cc1CNC(=NC)NCCCCNc1ccccn1)OC(C)C2. The number of guanidine groups is 1. The highest BCUT2D eigenvalue weighted by Crippen LogP contribution is 2.35. The topological polar surface area (TPSA) is 79.8 Å². The number of hydrogen-bond acceptors (Lipinski definition) is 5. The molecule has 1 aliphatic rings. The predicted octanol–water partition coefficient (Wildman–Crippen LogP) is 3.36. The van der Waals surface area contributed by atoms with Gasteiger partial charge >= 0.3 is 0 Å². The maximum atomic E-state index is 5.91. The zero-order valence-electron chi connectivity index (χ0n) is 18.2. The summed E-state index contributed by atoms with van der Waals surface area (Å²) in [5.74, 6) is 3.58. The van der Waals surface area contributed by atoms with Crippen LogP contribution < -0.4 is 25.4 Å². The van der Waals surface area contributed by atoms with Gasteiger partial charge in [-0.15, -0.1) is 0 Å². The molecule has 0 fully saturated rings. The molecule has 1 aliphatic heterocycles. The molecule has 1 atom stereocenters. The van der Waals surface area contributed by atoms with E-state index in [9.17, 15) is 0 Å². The normalized spacial score (nSPS) is 15.3. The highest BCUT2D eigenvalue weighted by atomic mass is 16.5. The molecule has 0 saturated heterocycles. The number of aromatic nitrogens is 1. The van der Waals surface area contributed by atoms with E-state index in [1.54, 1.807) is 13.2 Å². The standard InChI is InChI=1S/C23H33N5O2/c1-4-29-20-14-18-13-17(2)30-21(18)15-19(20)16-28-23(24-3)27-12-8-7-11-26-22-9-5-6-10-25-22/h5-6,9-10,14-15,17H,4,7-8,11-13,16H2,1-3H3,(H,25,26)(H2,24,27,28). The average Bonchev–Trinajstić information content (AvgIpc) is 3.12. The van der Waals surface area contributed by atoms with Gasteiger partial charge in [0.1, 0.15) is 23.4 Å². The van der Waals surface area contributed by atoms with Crippen LogP contribution in [0.5, 0.6) is 11.5 Å². The van der Waals surface area contributed by atoms with Crippen molar-refractivity contribution in [3.63, 3.8) is 0 Å². The Labute approximate surface area is 179 Å². The lowest BCUT2D eigenvalue weighted by atomic mass is 10.1. The fraction of sp³-hybridized carbons (Fsp3) is 0.478. The summed E-state index contributed by atoms with van der Waals surface area (Å²) in [6.45, 7) is 7.12. The number of benzene rings is 1. The average molecular weight is 412 g/mol. The maximum absolute atomic E-state index is 5.91. The highest BCUT2D eigenvalue weighted by molar-refractivity contribution is 5.79. The monoisotopic (exact) mass is 411 g/mol. The van der Waals surface area contributed by atoms with Crippen molar-refractivity contribution in [2.45, 2.75) is 45.8 Å². The molecule has 1 aromatic carbocycles. The molecule has 0 amide bonds. The Bertz CT molecular complexity index is 826. The third-order valence-electron chi connectivity index (χ3n) is 4.92. The number of fused-ring (bicyclic) bond motifs is 1. The molecule has 0 saturated carbocycles. The Hall–Kier alpha value is -2.96. The van der Waals surface area contributed by atoms with Crippen molar-refractivity contribution in [1.29, 1.82) is 0 Å². The minimum atomic E-state index is 0.222. The minimum Gasteiger partial charge on any atom is -0.494 e. The number of rotatable bonds is 10. The highest BCUT2D eigenvalue weighted by Gasteiger charge is 2.21. The molecule has 0 bridgehead atoms. The summed E-state index contributed by atoms with van der Waals surface area (Å²) in [7, 11) is 1.79. The number of pyridine rings is 1. The quantitative estimate of drug-likeness (QED) is 0.316. The molecule has 1 aromatic heterocycles. The first-order valence-corrected chi connectivity index (χ1v) is 10.7. The summed E-state index contributed by atoms with van der Waals surface area (Å²) in [6, 6.07) is 10.1. The van der Waals surface area contributed by atoms with E-state index in [4.69, 9.17) is 9.47 Å². The Morgan fingerprint density at radius 1 is 1.23 bits per heavy atom. The maximum Gasteiger partial charge on any atom is 0.191 e. The summed E-state index contributed by atoms with van der Waals surface area (Å²) >= 11 is 0. The molecule has 3 rings (SSSR count). The van der Waals surface area contributed by atoms with E-state index >= 15 is 0 Å². The minimum absolute atomic E-state index is 0.222. The lowest BCUT2D eigenvalue weighted by Crippen LogP contribution is -2.37. The number of nitrogens with one attached hydrogen (secondary N) is 3. The van der Waals surface area contributed by atoms with Crippen LogP contribution in [0.4, 0.5) is 5.82 Å². The number of hydrogen-bond donors (Lipinski definition) is 3. The third kappa shape index (κ3) is 6.27. The van der Waals surface area contributed by atoms with Gasteiger partial charge in [-0.2, -0.15) is 0 Å². The zero-order chi connectivity index (χ0) is 21.2. The van der Waals surface area contributed by atoms with Crippen LogP contribution in [0.25, 0.3) is 0 Å². The first-order valence-electron chi connectivity index (χ1n) is 10.7. The van der Waals surface area contributed by atoms with Gasteiger partial charge in [0, 0.05) is 50.4 Å². The van der Waals surface area contributed by atoms with Crippen molar-refractivity contribution in [2.75, 3.05) is 32.1 Å². The van der Waals surface area contributed by atoms with E-state index in [2.05, 4.69) is 45.0 Å². The Kier molecular flexibility index (Phi) is 8.18. The van der Waals surface area contributed by atoms with Crippen LogP contribution in [0.2, 0.25) is 0 Å². The van der Waals surface area contributed by atoms with Gasteiger partial charge in [0.25, 0.3) is 0 Å². The summed E-state index contributed by atoms with van der Waals surface area (Å²) in [5, 5.41) is 10.1. The molecular weight excluding hydrogens is 378 g/mol. The Morgan fingerprint density at radius 2 is 2.10 bits per heavy atom. The van der Waals surface area contributed by atoms with Crippen molar-refractivity contribution in [1.82, 2.24) is 15.6 Å². The molecule has 7 nitrogen and oxygen atoms in total. The number of unbranched alkanes of at least 4 members (excludes halogenated alkanes) is 1. The van der Waals surface area contributed by atoms with Gasteiger partial charge in [-0.1, -0.05) is 6.07 Å². The smallest absolute Gasteiger partial charge is 0.191 e. The summed E-state index contributed by atoms with van der Waals surface area (Å²) < 4.78 is 11.8. The molecule has 1 unspecified atom stereocenters. The van der Waals surface area contributed by atoms with E-state index in [0.29, 0.717) is 13.2 Å². The number of anilines is 1. The van der Waals surface area contributed by atoms with E-state index in [-0.39, 0.29) is 6.10 Å². The molecular formula is C23H33N5O2. The Morgan fingerprint density at radius 3 is 2.87 bits per heavy atom. The van der Waals surface area contributed by atoms with Crippen molar-refractivity contribution in [3.05, 3.63) is 47.7 Å². The van der Waals surface area contributed by atoms with Crippen LogP contribution in [0.3, 0.4) is 0 Å². The van der Waals surface area contributed by atoms with Crippen molar-refractivity contribution >= 4 is 11.8 Å². The second kappa shape index (κ2) is 11.3. The molecule has 0 aliphatic carbocycles. The molecule has 7 heteroatoms. The lowest BCUT2D eigenvalue weighted by molar-refractivity contribution is 0.254. The predicted molar refractivity (Wildman–Crippen MR) is 122 cm³/mol. The van der Waals surface area contributed by atoms with Crippen LogP contribution in [-0.4, -0.2) is 43.8 Å². The van der Waals surface area contributed by atoms with Crippen LogP contribution >= 0.6 is 0 Å². The molecule has 0 radical (unpaired) electrons. The van der Waals surface area contributed by atoms with Crippen LogP contribution in [0.15, 0.2) is 41.5 Å². The van der Waals surface area contributed by atoms with Crippen LogP contribution in [0, 0.1) is 0 Å². The van der Waals surface area contributed by atoms with Crippen LogP contribution in [-0.2, 0) is 13.0 Å². The summed E-state index contributed by atoms with van der Waals surface area (Å²) in [5.41, 5.74) is 2.30. The molecule has 3 N–H and O–H groups in total. The van der Waals surface area contributed by atoms with Gasteiger partial charge in [0.15, 0.2) is 5.96 Å².